The first kappa shape index (κ1) is 25.7. The van der Waals surface area contributed by atoms with Gasteiger partial charge in [-0.3, -0.25) is 0 Å². The zero-order valence-electron chi connectivity index (χ0n) is 24.7. The fraction of sp³-hybridized carbons (Fsp3) is 0.0233. The Bertz CT molecular complexity index is 2450. The molecule has 216 valence electrons. The molecule has 3 heteroatoms. The second kappa shape index (κ2) is 9.47. The van der Waals surface area contributed by atoms with Gasteiger partial charge in [-0.1, -0.05) is 127 Å². The van der Waals surface area contributed by atoms with Crippen molar-refractivity contribution in [3.05, 3.63) is 185 Å². The number of para-hydroxylation sites is 2. The highest BCUT2D eigenvalue weighted by Crippen LogP contribution is 2.65. The van der Waals surface area contributed by atoms with E-state index in [9.17, 15) is 0 Å². The summed E-state index contributed by atoms with van der Waals surface area (Å²) in [5, 5.41) is 2.93. The molecule has 46 heavy (non-hydrogen) atoms. The minimum Gasteiger partial charge on any atom is -0.456 e. The second-order valence-corrected chi connectivity index (χ2v) is 12.5. The van der Waals surface area contributed by atoms with Gasteiger partial charge in [-0.05, 0) is 81.4 Å². The van der Waals surface area contributed by atoms with Crippen molar-refractivity contribution in [2.24, 2.45) is 0 Å². The lowest BCUT2D eigenvalue weighted by Gasteiger charge is -2.33. The molecule has 8 aromatic rings. The van der Waals surface area contributed by atoms with Crippen LogP contribution in [0.1, 0.15) is 22.3 Å². The SMILES string of the molecule is Clc1c(N(c2ccccc2)c2ccc3oc4ccccc4c3c2)ccc2c1C1(c3ccccc3-c3ccccc31)c1ccccc1-2. The van der Waals surface area contributed by atoms with E-state index in [2.05, 4.69) is 150 Å². The predicted octanol–water partition coefficient (Wildman–Crippen LogP) is 12.1. The van der Waals surface area contributed by atoms with Crippen LogP contribution in [-0.2, 0) is 5.41 Å². The molecule has 0 amide bonds. The number of anilines is 3. The maximum atomic E-state index is 7.87. The van der Waals surface area contributed by atoms with Crippen molar-refractivity contribution in [1.82, 2.24) is 0 Å². The van der Waals surface area contributed by atoms with Crippen molar-refractivity contribution >= 4 is 50.6 Å². The van der Waals surface area contributed by atoms with Crippen LogP contribution >= 0.6 is 11.6 Å². The van der Waals surface area contributed by atoms with Gasteiger partial charge in [0.05, 0.1) is 16.1 Å². The lowest BCUT2D eigenvalue weighted by molar-refractivity contribution is 0.669. The Balaban J connectivity index is 1.29. The minimum atomic E-state index is -0.528. The number of halogens is 1. The number of hydrogen-bond acceptors (Lipinski definition) is 2. The molecule has 0 saturated heterocycles. The third-order valence-corrected chi connectivity index (χ3v) is 10.3. The fourth-order valence-electron chi connectivity index (χ4n) is 8.16. The zero-order valence-corrected chi connectivity index (χ0v) is 25.5. The Morgan fingerprint density at radius 2 is 1.02 bits per heavy atom. The highest BCUT2D eigenvalue weighted by atomic mass is 35.5. The summed E-state index contributed by atoms with van der Waals surface area (Å²) >= 11 is 7.87. The van der Waals surface area contributed by atoms with Gasteiger partial charge in [0.2, 0.25) is 0 Å². The number of hydrogen-bond donors (Lipinski definition) is 0. The standard InChI is InChI=1S/C43H26ClNO/c44-42-38(45(27-12-2-1-3-13-27)28-22-25-40-34(26-28)32-17-7-11-21-39(32)46-40)24-23-33-31-16-6-10-20-37(31)43(41(33)42)35-18-8-4-14-29(35)30-15-5-9-19-36(30)43/h1-26H. The Morgan fingerprint density at radius 3 is 1.72 bits per heavy atom. The van der Waals surface area contributed by atoms with Crippen molar-refractivity contribution in [3.8, 4) is 22.3 Å². The average Bonchev–Trinajstić information content (AvgIpc) is 3.74. The molecule has 2 nitrogen and oxygen atoms in total. The number of nitrogens with zero attached hydrogens (tertiary/aromatic N) is 1. The molecule has 0 fully saturated rings. The van der Waals surface area contributed by atoms with Crippen LogP contribution in [0.15, 0.2) is 162 Å². The smallest absolute Gasteiger partial charge is 0.135 e. The first-order chi connectivity index (χ1) is 22.7. The average molecular weight is 608 g/mol. The minimum absolute atomic E-state index is 0.528. The van der Waals surface area contributed by atoms with Crippen LogP contribution in [0.3, 0.4) is 0 Å². The Hall–Kier alpha value is -5.57. The van der Waals surface area contributed by atoms with Crippen LogP contribution in [0.5, 0.6) is 0 Å². The van der Waals surface area contributed by atoms with Crippen LogP contribution in [0, 0.1) is 0 Å². The summed E-state index contributed by atoms with van der Waals surface area (Å²) in [7, 11) is 0. The van der Waals surface area contributed by atoms with E-state index >= 15 is 0 Å². The number of furan rings is 1. The molecule has 0 N–H and O–H groups in total. The molecule has 0 radical (unpaired) electrons. The maximum absolute atomic E-state index is 7.87. The third kappa shape index (κ3) is 3.26. The molecule has 0 atom stereocenters. The highest BCUT2D eigenvalue weighted by molar-refractivity contribution is 6.35. The van der Waals surface area contributed by atoms with Gasteiger partial charge in [-0.25, -0.2) is 0 Å². The van der Waals surface area contributed by atoms with E-state index in [0.29, 0.717) is 0 Å². The van der Waals surface area contributed by atoms with Crippen molar-refractivity contribution in [3.63, 3.8) is 0 Å². The van der Waals surface area contributed by atoms with Crippen LogP contribution in [-0.4, -0.2) is 0 Å². The molecule has 0 aliphatic heterocycles. The first-order valence-corrected chi connectivity index (χ1v) is 16.0. The van der Waals surface area contributed by atoms with Gasteiger partial charge in [0, 0.05) is 27.7 Å². The van der Waals surface area contributed by atoms with E-state index in [4.69, 9.17) is 16.0 Å². The van der Waals surface area contributed by atoms with E-state index in [0.717, 1.165) is 49.6 Å². The molecule has 2 aliphatic rings. The lowest BCUT2D eigenvalue weighted by atomic mass is 9.70. The number of benzene rings is 7. The largest absolute Gasteiger partial charge is 0.456 e. The van der Waals surface area contributed by atoms with Crippen LogP contribution in [0.2, 0.25) is 5.02 Å². The summed E-state index contributed by atoms with van der Waals surface area (Å²) < 4.78 is 6.20. The molecule has 1 heterocycles. The predicted molar refractivity (Wildman–Crippen MR) is 190 cm³/mol. The summed E-state index contributed by atoms with van der Waals surface area (Å²) in [4.78, 5) is 2.28. The normalized spacial score (nSPS) is 13.5. The van der Waals surface area contributed by atoms with Gasteiger partial charge in [-0.2, -0.15) is 0 Å². The van der Waals surface area contributed by atoms with Crippen LogP contribution < -0.4 is 4.90 Å². The van der Waals surface area contributed by atoms with E-state index in [1.165, 1.54) is 38.9 Å². The molecule has 7 aromatic carbocycles. The van der Waals surface area contributed by atoms with Crippen LogP contribution in [0.25, 0.3) is 44.2 Å². The molecule has 0 saturated carbocycles. The van der Waals surface area contributed by atoms with Gasteiger partial charge in [0.1, 0.15) is 11.2 Å². The molecule has 0 unspecified atom stereocenters. The monoisotopic (exact) mass is 607 g/mol. The maximum Gasteiger partial charge on any atom is 0.135 e. The molecular formula is C43H26ClNO. The quantitative estimate of drug-likeness (QED) is 0.199. The first-order valence-electron chi connectivity index (χ1n) is 15.6. The Morgan fingerprint density at radius 1 is 0.457 bits per heavy atom. The fourth-order valence-corrected chi connectivity index (χ4v) is 8.55. The van der Waals surface area contributed by atoms with Crippen molar-refractivity contribution in [1.29, 1.82) is 0 Å². The van der Waals surface area contributed by atoms with Crippen molar-refractivity contribution < 1.29 is 4.42 Å². The van der Waals surface area contributed by atoms with Crippen molar-refractivity contribution in [2.45, 2.75) is 5.41 Å². The summed E-state index contributed by atoms with van der Waals surface area (Å²) in [6.45, 7) is 0. The molecule has 1 spiro atoms. The Labute approximate surface area is 271 Å². The number of fused-ring (bicyclic) bond motifs is 13. The van der Waals surface area contributed by atoms with Crippen LogP contribution in [0.4, 0.5) is 17.1 Å². The molecule has 2 aliphatic carbocycles. The van der Waals surface area contributed by atoms with E-state index < -0.39 is 5.41 Å². The summed E-state index contributed by atoms with van der Waals surface area (Å²) in [6, 6.07) is 56.1. The molecule has 1 aromatic heterocycles. The Kier molecular flexibility index (Phi) is 5.29. The highest BCUT2D eigenvalue weighted by Gasteiger charge is 2.53. The lowest BCUT2D eigenvalue weighted by Crippen LogP contribution is -2.26. The zero-order chi connectivity index (χ0) is 30.4. The molecule has 10 rings (SSSR count). The summed E-state index contributed by atoms with van der Waals surface area (Å²) in [5.41, 5.74) is 14.1. The van der Waals surface area contributed by atoms with E-state index in [1.807, 2.05) is 12.1 Å². The van der Waals surface area contributed by atoms with Gasteiger partial charge in [0.15, 0.2) is 0 Å². The molecule has 0 bridgehead atoms. The third-order valence-electron chi connectivity index (χ3n) is 9.94. The van der Waals surface area contributed by atoms with Gasteiger partial charge in [-0.15, -0.1) is 0 Å². The number of rotatable bonds is 3. The summed E-state index contributed by atoms with van der Waals surface area (Å²) in [5.74, 6) is 0. The topological polar surface area (TPSA) is 16.4 Å². The van der Waals surface area contributed by atoms with Gasteiger partial charge >= 0.3 is 0 Å². The van der Waals surface area contributed by atoms with Gasteiger partial charge < -0.3 is 9.32 Å². The summed E-state index contributed by atoms with van der Waals surface area (Å²) in [6.07, 6.45) is 0. The van der Waals surface area contributed by atoms with Gasteiger partial charge in [0.25, 0.3) is 0 Å². The second-order valence-electron chi connectivity index (χ2n) is 12.2. The van der Waals surface area contributed by atoms with Crippen molar-refractivity contribution in [2.75, 3.05) is 4.90 Å². The van der Waals surface area contributed by atoms with E-state index in [-0.39, 0.29) is 0 Å². The van der Waals surface area contributed by atoms with E-state index in [1.54, 1.807) is 0 Å². The molecular weight excluding hydrogens is 582 g/mol.